The second-order valence-electron chi connectivity index (χ2n) is 3.20. The number of hydrogen-bond donors (Lipinski definition) is 1. The van der Waals surface area contributed by atoms with E-state index < -0.39 is 15.9 Å². The van der Waals surface area contributed by atoms with E-state index in [0.717, 1.165) is 0 Å². The van der Waals surface area contributed by atoms with Gasteiger partial charge in [-0.05, 0) is 0 Å². The highest BCUT2D eigenvalue weighted by atomic mass is 32.2. The fraction of sp³-hybridized carbons (Fsp3) is 0.857. The van der Waals surface area contributed by atoms with Crippen LogP contribution in [0, 0.1) is 5.92 Å². The monoisotopic (exact) mass is 209 g/mol. The first kappa shape index (κ1) is 12.4. The molecule has 0 saturated heterocycles. The summed E-state index contributed by atoms with van der Waals surface area (Å²) in [5.41, 5.74) is 0. The van der Waals surface area contributed by atoms with E-state index in [2.05, 4.69) is 0 Å². The maximum Gasteiger partial charge on any atom is 0.266 e. The number of hydrogen-bond acceptors (Lipinski definition) is 3. The molecule has 0 heterocycles. The topological polar surface area (TPSA) is 74.7 Å². The van der Waals surface area contributed by atoms with Crippen LogP contribution in [0.15, 0.2) is 0 Å². The van der Waals surface area contributed by atoms with Crippen LogP contribution >= 0.6 is 0 Å². The largest absolute Gasteiger partial charge is 0.344 e. The lowest BCUT2D eigenvalue weighted by atomic mass is 10.2. The zero-order valence-corrected chi connectivity index (χ0v) is 8.84. The van der Waals surface area contributed by atoms with E-state index in [1.54, 1.807) is 13.8 Å². The van der Waals surface area contributed by atoms with Crippen LogP contribution in [0.2, 0.25) is 0 Å². The first-order chi connectivity index (χ1) is 5.74. The molecule has 0 fully saturated rings. The second kappa shape index (κ2) is 4.57. The van der Waals surface area contributed by atoms with Crippen LogP contribution in [-0.4, -0.2) is 43.1 Å². The minimum Gasteiger partial charge on any atom is -0.344 e. The number of amides is 1. The van der Waals surface area contributed by atoms with Crippen molar-refractivity contribution in [2.45, 2.75) is 13.8 Å². The molecule has 0 spiro atoms. The van der Waals surface area contributed by atoms with Gasteiger partial charge in [0.25, 0.3) is 10.1 Å². The van der Waals surface area contributed by atoms with Crippen molar-refractivity contribution in [1.82, 2.24) is 4.90 Å². The molecule has 0 aromatic heterocycles. The Bertz CT molecular complexity index is 270. The minimum atomic E-state index is -3.97. The third-order valence-corrected chi connectivity index (χ3v) is 2.25. The first-order valence-corrected chi connectivity index (χ1v) is 5.55. The highest BCUT2D eigenvalue weighted by Gasteiger charge is 2.14. The third kappa shape index (κ3) is 5.59. The molecule has 1 amide bonds. The van der Waals surface area contributed by atoms with Gasteiger partial charge in [-0.2, -0.15) is 8.42 Å². The molecule has 0 saturated carbocycles. The Balaban J connectivity index is 4.03. The summed E-state index contributed by atoms with van der Waals surface area (Å²) >= 11 is 0. The van der Waals surface area contributed by atoms with Gasteiger partial charge < -0.3 is 4.90 Å². The van der Waals surface area contributed by atoms with Gasteiger partial charge in [0.05, 0.1) is 5.75 Å². The fourth-order valence-electron chi connectivity index (χ4n) is 0.803. The fourth-order valence-corrected chi connectivity index (χ4v) is 1.31. The van der Waals surface area contributed by atoms with Gasteiger partial charge in [-0.25, -0.2) is 0 Å². The molecule has 0 aromatic carbocycles. The molecule has 0 aromatic rings. The Kier molecular flexibility index (Phi) is 4.35. The second-order valence-corrected chi connectivity index (χ2v) is 4.77. The van der Waals surface area contributed by atoms with Crippen LogP contribution in [0.25, 0.3) is 0 Å². The molecule has 0 bridgehead atoms. The molecule has 1 N–H and O–H groups in total. The Morgan fingerprint density at radius 2 is 1.92 bits per heavy atom. The van der Waals surface area contributed by atoms with Crippen molar-refractivity contribution in [3.05, 3.63) is 0 Å². The number of rotatable bonds is 4. The van der Waals surface area contributed by atoms with Gasteiger partial charge >= 0.3 is 0 Å². The van der Waals surface area contributed by atoms with Crippen molar-refractivity contribution < 1.29 is 17.8 Å². The highest BCUT2D eigenvalue weighted by molar-refractivity contribution is 7.85. The van der Waals surface area contributed by atoms with Crippen molar-refractivity contribution >= 4 is 16.0 Å². The molecule has 13 heavy (non-hydrogen) atoms. The van der Waals surface area contributed by atoms with E-state index in [0.29, 0.717) is 0 Å². The zero-order valence-electron chi connectivity index (χ0n) is 8.02. The van der Waals surface area contributed by atoms with Crippen LogP contribution in [0.4, 0.5) is 0 Å². The van der Waals surface area contributed by atoms with Gasteiger partial charge in [0.15, 0.2) is 0 Å². The predicted molar refractivity (Wildman–Crippen MR) is 48.9 cm³/mol. The lowest BCUT2D eigenvalue weighted by Crippen LogP contribution is -2.34. The van der Waals surface area contributed by atoms with E-state index in [-0.39, 0.29) is 18.4 Å². The molecular formula is C7H15NO4S. The van der Waals surface area contributed by atoms with E-state index in [9.17, 15) is 13.2 Å². The van der Waals surface area contributed by atoms with Crippen LogP contribution in [-0.2, 0) is 14.9 Å². The van der Waals surface area contributed by atoms with E-state index >= 15 is 0 Å². The summed E-state index contributed by atoms with van der Waals surface area (Å²) in [5.74, 6) is -0.711. The Morgan fingerprint density at radius 1 is 1.46 bits per heavy atom. The van der Waals surface area contributed by atoms with Gasteiger partial charge in [0.1, 0.15) is 0 Å². The van der Waals surface area contributed by atoms with Crippen molar-refractivity contribution in [3.63, 3.8) is 0 Å². The first-order valence-electron chi connectivity index (χ1n) is 3.94. The Hall–Kier alpha value is -0.620. The standard InChI is InChI=1S/C7H15NO4S/c1-6(2)7(9)8(3)4-5-13(10,11)12/h6H,4-5H2,1-3H3,(H,10,11,12). The van der Waals surface area contributed by atoms with Crippen LogP contribution in [0.3, 0.4) is 0 Å². The number of carbonyl (C=O) groups excluding carboxylic acids is 1. The van der Waals surface area contributed by atoms with Crippen LogP contribution in [0.1, 0.15) is 13.8 Å². The van der Waals surface area contributed by atoms with E-state index in [4.69, 9.17) is 4.55 Å². The predicted octanol–water partition coefficient (Wildman–Crippen LogP) is -0.0114. The summed E-state index contributed by atoms with van der Waals surface area (Å²) in [6.45, 7) is 3.48. The van der Waals surface area contributed by atoms with E-state index in [1.807, 2.05) is 0 Å². The average molecular weight is 209 g/mol. The van der Waals surface area contributed by atoms with Gasteiger partial charge in [-0.1, -0.05) is 13.8 Å². The van der Waals surface area contributed by atoms with Gasteiger partial charge in [0.2, 0.25) is 5.91 Å². The average Bonchev–Trinajstić information content (AvgIpc) is 1.97. The number of nitrogens with zero attached hydrogens (tertiary/aromatic N) is 1. The third-order valence-electron chi connectivity index (χ3n) is 1.55. The van der Waals surface area contributed by atoms with Crippen LogP contribution in [0.5, 0.6) is 0 Å². The van der Waals surface area contributed by atoms with E-state index in [1.165, 1.54) is 11.9 Å². The molecule has 0 aliphatic rings. The summed E-state index contributed by atoms with van der Waals surface area (Å²) in [5, 5.41) is 0. The van der Waals surface area contributed by atoms with Gasteiger partial charge in [-0.15, -0.1) is 0 Å². The molecule has 78 valence electrons. The quantitative estimate of drug-likeness (QED) is 0.661. The molecule has 5 nitrogen and oxygen atoms in total. The maximum atomic E-state index is 11.2. The summed E-state index contributed by atoms with van der Waals surface area (Å²) in [7, 11) is -2.46. The summed E-state index contributed by atoms with van der Waals surface area (Å²) in [6, 6.07) is 0. The SMILES string of the molecule is CC(C)C(=O)N(C)CCS(=O)(=O)O. The minimum absolute atomic E-state index is 0.0237. The van der Waals surface area contributed by atoms with Gasteiger partial charge in [0, 0.05) is 19.5 Å². The summed E-state index contributed by atoms with van der Waals surface area (Å²) < 4.78 is 29.1. The van der Waals surface area contributed by atoms with Gasteiger partial charge in [-0.3, -0.25) is 9.35 Å². The molecule has 0 rings (SSSR count). The smallest absolute Gasteiger partial charge is 0.266 e. The molecule has 0 aliphatic carbocycles. The molecule has 6 heteroatoms. The maximum absolute atomic E-state index is 11.2. The van der Waals surface area contributed by atoms with Crippen molar-refractivity contribution in [1.29, 1.82) is 0 Å². The molecular weight excluding hydrogens is 194 g/mol. The lowest BCUT2D eigenvalue weighted by Gasteiger charge is -2.18. The molecule has 0 aliphatic heterocycles. The normalized spacial score (nSPS) is 11.8. The van der Waals surface area contributed by atoms with Crippen molar-refractivity contribution in [2.75, 3.05) is 19.3 Å². The number of carbonyl (C=O) groups is 1. The Morgan fingerprint density at radius 3 is 2.23 bits per heavy atom. The summed E-state index contributed by atoms with van der Waals surface area (Å²) in [4.78, 5) is 12.5. The zero-order chi connectivity index (χ0) is 10.6. The molecule has 0 unspecified atom stereocenters. The lowest BCUT2D eigenvalue weighted by molar-refractivity contribution is -0.132. The molecule has 0 radical (unpaired) electrons. The van der Waals surface area contributed by atoms with Crippen molar-refractivity contribution in [2.24, 2.45) is 5.92 Å². The van der Waals surface area contributed by atoms with Crippen molar-refractivity contribution in [3.8, 4) is 0 Å². The Labute approximate surface area is 78.5 Å². The summed E-state index contributed by atoms with van der Waals surface area (Å²) in [6.07, 6.45) is 0. The van der Waals surface area contributed by atoms with Crippen LogP contribution < -0.4 is 0 Å². The molecule has 0 atom stereocenters. The highest BCUT2D eigenvalue weighted by Crippen LogP contribution is 1.98.